The highest BCUT2D eigenvalue weighted by Crippen LogP contribution is 2.10. The Morgan fingerprint density at radius 3 is 2.50 bits per heavy atom. The molecule has 3 heteroatoms. The number of halogens is 1. The molecule has 10 heavy (non-hydrogen) atoms. The zero-order valence-corrected chi connectivity index (χ0v) is 6.73. The number of terminal acetylenes is 1. The number of carbonyl (C=O) groups is 1. The van der Waals surface area contributed by atoms with Crippen molar-refractivity contribution >= 4 is 17.6 Å². The first kappa shape index (κ1) is 9.32. The molecule has 1 atom stereocenters. The van der Waals surface area contributed by atoms with Crippen molar-refractivity contribution in [3.05, 3.63) is 0 Å². The van der Waals surface area contributed by atoms with Gasteiger partial charge in [-0.1, -0.05) is 5.92 Å². The molecule has 0 saturated carbocycles. The van der Waals surface area contributed by atoms with Crippen molar-refractivity contribution in [3.63, 3.8) is 0 Å². The van der Waals surface area contributed by atoms with Gasteiger partial charge in [-0.25, -0.2) is 0 Å². The maximum atomic E-state index is 10.4. The Balaban J connectivity index is 4.10. The van der Waals surface area contributed by atoms with Gasteiger partial charge in [-0.3, -0.25) is 4.79 Å². The van der Waals surface area contributed by atoms with Gasteiger partial charge in [-0.15, -0.1) is 18.0 Å². The fourth-order valence-electron chi connectivity index (χ4n) is 0.413. The van der Waals surface area contributed by atoms with E-state index >= 15 is 0 Å². The molecule has 0 amide bonds. The quantitative estimate of drug-likeness (QED) is 0.345. The van der Waals surface area contributed by atoms with Crippen molar-refractivity contribution in [1.82, 2.24) is 0 Å². The van der Waals surface area contributed by atoms with Crippen molar-refractivity contribution in [2.75, 3.05) is 5.88 Å². The summed E-state index contributed by atoms with van der Waals surface area (Å²) in [5.74, 6) is 1.98. The summed E-state index contributed by atoms with van der Waals surface area (Å²) in [6, 6.07) is 0. The molecule has 0 heterocycles. The van der Waals surface area contributed by atoms with Crippen molar-refractivity contribution < 1.29 is 9.53 Å². The molecule has 0 rings (SSSR count). The zero-order valence-electron chi connectivity index (χ0n) is 5.98. The van der Waals surface area contributed by atoms with Crippen LogP contribution in [0, 0.1) is 12.3 Å². The molecule has 0 fully saturated rings. The smallest absolute Gasteiger partial charge is 0.304 e. The summed E-state index contributed by atoms with van der Waals surface area (Å²) in [6.07, 6.45) is 5.05. The van der Waals surface area contributed by atoms with Gasteiger partial charge in [0, 0.05) is 6.92 Å². The van der Waals surface area contributed by atoms with Crippen molar-refractivity contribution in [1.29, 1.82) is 0 Å². The van der Waals surface area contributed by atoms with Gasteiger partial charge in [0.15, 0.2) is 5.60 Å². The molecule has 56 valence electrons. The van der Waals surface area contributed by atoms with E-state index in [4.69, 9.17) is 22.8 Å². The van der Waals surface area contributed by atoms with E-state index in [-0.39, 0.29) is 5.88 Å². The fraction of sp³-hybridized carbons (Fsp3) is 0.571. The van der Waals surface area contributed by atoms with Gasteiger partial charge < -0.3 is 4.74 Å². The van der Waals surface area contributed by atoms with Gasteiger partial charge in [0.25, 0.3) is 0 Å². The van der Waals surface area contributed by atoms with Crippen LogP contribution in [0.15, 0.2) is 0 Å². The van der Waals surface area contributed by atoms with E-state index in [2.05, 4.69) is 5.92 Å². The van der Waals surface area contributed by atoms with Crippen LogP contribution < -0.4 is 0 Å². The third-order valence-electron chi connectivity index (χ3n) is 0.929. The molecule has 0 radical (unpaired) electrons. The topological polar surface area (TPSA) is 26.3 Å². The van der Waals surface area contributed by atoms with Gasteiger partial charge in [0.05, 0.1) is 5.88 Å². The zero-order chi connectivity index (χ0) is 8.20. The Morgan fingerprint density at radius 1 is 1.90 bits per heavy atom. The van der Waals surface area contributed by atoms with Gasteiger partial charge >= 0.3 is 5.97 Å². The first-order chi connectivity index (χ1) is 4.54. The van der Waals surface area contributed by atoms with E-state index < -0.39 is 11.6 Å². The highest BCUT2D eigenvalue weighted by Gasteiger charge is 2.22. The molecular weight excluding hydrogens is 152 g/mol. The summed E-state index contributed by atoms with van der Waals surface area (Å²) in [6.45, 7) is 2.88. The summed E-state index contributed by atoms with van der Waals surface area (Å²) in [7, 11) is 0. The number of ether oxygens (including phenoxy) is 1. The third-order valence-corrected chi connectivity index (χ3v) is 1.44. The molecule has 0 aliphatic heterocycles. The number of hydrogen-bond donors (Lipinski definition) is 0. The van der Waals surface area contributed by atoms with E-state index in [1.54, 1.807) is 6.92 Å². The predicted molar refractivity (Wildman–Crippen MR) is 39.7 cm³/mol. The Hall–Kier alpha value is -0.680. The Kier molecular flexibility index (Phi) is 3.24. The number of carbonyl (C=O) groups excluding carboxylic acids is 1. The second kappa shape index (κ2) is 3.48. The summed E-state index contributed by atoms with van der Waals surface area (Å²) in [5, 5.41) is 0. The average molecular weight is 161 g/mol. The second-order valence-corrected chi connectivity index (χ2v) is 2.37. The van der Waals surface area contributed by atoms with Crippen LogP contribution in [-0.2, 0) is 9.53 Å². The minimum absolute atomic E-state index is 0.114. The summed E-state index contributed by atoms with van der Waals surface area (Å²) >= 11 is 5.43. The van der Waals surface area contributed by atoms with E-state index in [9.17, 15) is 4.79 Å². The molecule has 1 unspecified atom stereocenters. The largest absolute Gasteiger partial charge is 0.445 e. The van der Waals surface area contributed by atoms with Gasteiger partial charge in [0.1, 0.15) is 0 Å². The Bertz CT molecular complexity index is 171. The highest BCUT2D eigenvalue weighted by molar-refractivity contribution is 6.18. The fourth-order valence-corrected chi connectivity index (χ4v) is 0.544. The molecule has 0 aromatic rings. The number of rotatable bonds is 2. The molecule has 0 bridgehead atoms. The van der Waals surface area contributed by atoms with Crippen LogP contribution in [0.4, 0.5) is 0 Å². The van der Waals surface area contributed by atoms with Crippen LogP contribution >= 0.6 is 11.6 Å². The van der Waals surface area contributed by atoms with E-state index in [1.807, 2.05) is 0 Å². The van der Waals surface area contributed by atoms with Crippen LogP contribution in [0.3, 0.4) is 0 Å². The maximum Gasteiger partial charge on any atom is 0.304 e. The normalized spacial score (nSPS) is 15.0. The molecule has 0 N–H and O–H groups in total. The average Bonchev–Trinajstić information content (AvgIpc) is 1.87. The lowest BCUT2D eigenvalue weighted by atomic mass is 10.1. The minimum Gasteiger partial charge on any atom is -0.445 e. The summed E-state index contributed by atoms with van der Waals surface area (Å²) in [5.41, 5.74) is -0.951. The Labute approximate surface area is 65.5 Å². The van der Waals surface area contributed by atoms with Gasteiger partial charge in [-0.2, -0.15) is 0 Å². The molecular formula is C7H9ClO2. The van der Waals surface area contributed by atoms with Crippen LogP contribution in [0.5, 0.6) is 0 Å². The Morgan fingerprint density at radius 2 is 2.40 bits per heavy atom. The van der Waals surface area contributed by atoms with Crippen molar-refractivity contribution in [2.45, 2.75) is 19.4 Å². The van der Waals surface area contributed by atoms with Gasteiger partial charge in [-0.05, 0) is 6.92 Å². The van der Waals surface area contributed by atoms with Gasteiger partial charge in [0.2, 0.25) is 0 Å². The maximum absolute atomic E-state index is 10.4. The van der Waals surface area contributed by atoms with Crippen LogP contribution in [0.1, 0.15) is 13.8 Å². The molecule has 0 saturated heterocycles. The summed E-state index contributed by atoms with van der Waals surface area (Å²) < 4.78 is 4.73. The van der Waals surface area contributed by atoms with Crippen LogP contribution in [0.2, 0.25) is 0 Å². The monoisotopic (exact) mass is 160 g/mol. The third kappa shape index (κ3) is 2.75. The lowest BCUT2D eigenvalue weighted by Crippen LogP contribution is -2.30. The first-order valence-electron chi connectivity index (χ1n) is 2.77. The molecule has 0 aliphatic rings. The van der Waals surface area contributed by atoms with Crippen molar-refractivity contribution in [2.24, 2.45) is 0 Å². The van der Waals surface area contributed by atoms with Crippen LogP contribution in [-0.4, -0.2) is 17.5 Å². The van der Waals surface area contributed by atoms with Crippen LogP contribution in [0.25, 0.3) is 0 Å². The standard InChI is InChI=1S/C7H9ClO2/c1-4-7(3,5-8)10-6(2)9/h1H,5H2,2-3H3. The molecule has 2 nitrogen and oxygen atoms in total. The lowest BCUT2D eigenvalue weighted by molar-refractivity contribution is -0.148. The number of esters is 1. The molecule has 0 aliphatic carbocycles. The highest BCUT2D eigenvalue weighted by atomic mass is 35.5. The second-order valence-electron chi connectivity index (χ2n) is 2.10. The minimum atomic E-state index is -0.951. The number of alkyl halides is 1. The van der Waals surface area contributed by atoms with E-state index in [1.165, 1.54) is 6.92 Å². The number of hydrogen-bond acceptors (Lipinski definition) is 2. The predicted octanol–water partition coefficient (Wildman–Crippen LogP) is 1.18. The molecule has 0 spiro atoms. The van der Waals surface area contributed by atoms with E-state index in [0.29, 0.717) is 0 Å². The summed E-state index contributed by atoms with van der Waals surface area (Å²) in [4.78, 5) is 10.4. The SMILES string of the molecule is C#CC(C)(CCl)OC(C)=O. The first-order valence-corrected chi connectivity index (χ1v) is 3.31. The van der Waals surface area contributed by atoms with Crippen molar-refractivity contribution in [3.8, 4) is 12.3 Å². The molecule has 0 aromatic heterocycles. The molecule has 0 aromatic carbocycles. The van der Waals surface area contributed by atoms with E-state index in [0.717, 1.165) is 0 Å². The lowest BCUT2D eigenvalue weighted by Gasteiger charge is -2.19.